The lowest BCUT2D eigenvalue weighted by molar-refractivity contribution is 0.0955. The normalized spacial score (nSPS) is 10.7. The van der Waals surface area contributed by atoms with Crippen LogP contribution in [0.2, 0.25) is 0 Å². The van der Waals surface area contributed by atoms with Gasteiger partial charge in [0.25, 0.3) is 5.91 Å². The third-order valence-corrected chi connectivity index (χ3v) is 4.43. The zero-order chi connectivity index (χ0) is 20.6. The van der Waals surface area contributed by atoms with Gasteiger partial charge in [-0.2, -0.15) is 5.10 Å². The summed E-state index contributed by atoms with van der Waals surface area (Å²) in [6, 6.07) is 23.1. The summed E-state index contributed by atoms with van der Waals surface area (Å²) in [5.41, 5.74) is 7.31. The molecule has 0 atom stereocenters. The van der Waals surface area contributed by atoms with Crippen molar-refractivity contribution in [1.29, 1.82) is 0 Å². The summed E-state index contributed by atoms with van der Waals surface area (Å²) in [5, 5.41) is 4.04. The summed E-state index contributed by atoms with van der Waals surface area (Å²) < 4.78 is 5.76. The first-order valence-corrected chi connectivity index (χ1v) is 9.40. The number of nitrogens with zero attached hydrogens (tertiary/aromatic N) is 2. The van der Waals surface area contributed by atoms with Gasteiger partial charge in [-0.05, 0) is 54.4 Å². The van der Waals surface area contributed by atoms with Gasteiger partial charge in [-0.3, -0.25) is 4.79 Å². The Morgan fingerprint density at radius 3 is 2.24 bits per heavy atom. The number of carbonyl (C=O) groups is 1. The van der Waals surface area contributed by atoms with E-state index in [-0.39, 0.29) is 5.91 Å². The molecule has 0 heterocycles. The zero-order valence-electron chi connectivity index (χ0n) is 16.9. The van der Waals surface area contributed by atoms with Crippen LogP contribution >= 0.6 is 0 Å². The minimum atomic E-state index is -0.253. The van der Waals surface area contributed by atoms with Crippen LogP contribution in [0.4, 0.5) is 5.69 Å². The Labute approximate surface area is 171 Å². The summed E-state index contributed by atoms with van der Waals surface area (Å²) in [7, 11) is 3.98. The summed E-state index contributed by atoms with van der Waals surface area (Å²) in [5.74, 6) is 0.572. The Bertz CT molecular complexity index is 961. The van der Waals surface area contributed by atoms with Crippen LogP contribution in [0.3, 0.4) is 0 Å². The second-order valence-electron chi connectivity index (χ2n) is 6.98. The van der Waals surface area contributed by atoms with E-state index in [9.17, 15) is 4.79 Å². The highest BCUT2D eigenvalue weighted by Crippen LogP contribution is 2.14. The molecule has 0 aliphatic heterocycles. The van der Waals surface area contributed by atoms with E-state index in [1.807, 2.05) is 86.6 Å². The number of amides is 1. The molecule has 5 heteroatoms. The molecule has 3 rings (SSSR count). The van der Waals surface area contributed by atoms with Crippen molar-refractivity contribution in [2.24, 2.45) is 5.10 Å². The number of aryl methyl sites for hydroxylation is 1. The Morgan fingerprint density at radius 2 is 1.62 bits per heavy atom. The highest BCUT2D eigenvalue weighted by atomic mass is 16.5. The molecule has 1 N–H and O–H groups in total. The largest absolute Gasteiger partial charge is 0.489 e. The first-order chi connectivity index (χ1) is 14.0. The summed E-state index contributed by atoms with van der Waals surface area (Å²) in [4.78, 5) is 14.3. The maximum absolute atomic E-state index is 12.2. The van der Waals surface area contributed by atoms with E-state index >= 15 is 0 Å². The number of nitrogens with one attached hydrogen (secondary N) is 1. The van der Waals surface area contributed by atoms with Gasteiger partial charge in [-0.25, -0.2) is 5.43 Å². The van der Waals surface area contributed by atoms with Crippen LogP contribution in [-0.2, 0) is 6.61 Å². The lowest BCUT2D eigenvalue weighted by Gasteiger charge is -2.11. The first-order valence-electron chi connectivity index (χ1n) is 9.40. The van der Waals surface area contributed by atoms with Crippen LogP contribution < -0.4 is 15.1 Å². The minimum absolute atomic E-state index is 0.253. The first kappa shape index (κ1) is 20.1. The minimum Gasteiger partial charge on any atom is -0.489 e. The zero-order valence-corrected chi connectivity index (χ0v) is 16.9. The van der Waals surface area contributed by atoms with Gasteiger partial charge in [0.2, 0.25) is 0 Å². The van der Waals surface area contributed by atoms with E-state index in [2.05, 4.69) is 10.5 Å². The van der Waals surface area contributed by atoms with E-state index in [0.29, 0.717) is 12.2 Å². The molecule has 0 spiro atoms. The lowest BCUT2D eigenvalue weighted by Crippen LogP contribution is -2.17. The highest BCUT2D eigenvalue weighted by molar-refractivity contribution is 5.94. The Balaban J connectivity index is 1.51. The molecule has 148 valence electrons. The third-order valence-electron chi connectivity index (χ3n) is 4.43. The third kappa shape index (κ3) is 5.94. The summed E-state index contributed by atoms with van der Waals surface area (Å²) >= 11 is 0. The van der Waals surface area contributed by atoms with Gasteiger partial charge < -0.3 is 9.64 Å². The lowest BCUT2D eigenvalue weighted by atomic mass is 10.1. The van der Waals surface area contributed by atoms with Crippen LogP contribution in [0.15, 0.2) is 77.9 Å². The maximum Gasteiger partial charge on any atom is 0.271 e. The number of anilines is 1. The fourth-order valence-corrected chi connectivity index (χ4v) is 2.64. The van der Waals surface area contributed by atoms with Crippen molar-refractivity contribution in [2.75, 3.05) is 19.0 Å². The molecule has 0 saturated carbocycles. The number of ether oxygens (including phenoxy) is 1. The maximum atomic E-state index is 12.2. The highest BCUT2D eigenvalue weighted by Gasteiger charge is 2.04. The van der Waals surface area contributed by atoms with Gasteiger partial charge >= 0.3 is 0 Å². The van der Waals surface area contributed by atoms with E-state index in [1.165, 1.54) is 5.56 Å². The van der Waals surface area contributed by atoms with Crippen LogP contribution in [0, 0.1) is 6.92 Å². The van der Waals surface area contributed by atoms with Crippen molar-refractivity contribution in [3.63, 3.8) is 0 Å². The fraction of sp³-hybridized carbons (Fsp3) is 0.167. The average Bonchev–Trinajstić information content (AvgIpc) is 2.74. The second-order valence-corrected chi connectivity index (χ2v) is 6.98. The Kier molecular flexibility index (Phi) is 6.63. The van der Waals surface area contributed by atoms with E-state index in [4.69, 9.17) is 4.74 Å². The van der Waals surface area contributed by atoms with Crippen LogP contribution in [0.25, 0.3) is 0 Å². The Morgan fingerprint density at radius 1 is 0.966 bits per heavy atom. The van der Waals surface area contributed by atoms with Crippen molar-refractivity contribution in [1.82, 2.24) is 5.43 Å². The molecule has 0 bridgehead atoms. The molecule has 0 aliphatic carbocycles. The topological polar surface area (TPSA) is 53.9 Å². The molecule has 3 aromatic rings. The second kappa shape index (κ2) is 9.55. The quantitative estimate of drug-likeness (QED) is 0.483. The summed E-state index contributed by atoms with van der Waals surface area (Å²) in [6.07, 6.45) is 1.63. The van der Waals surface area contributed by atoms with Crippen molar-refractivity contribution in [3.8, 4) is 5.75 Å². The number of hydrazone groups is 1. The molecule has 0 radical (unpaired) electrons. The van der Waals surface area contributed by atoms with Crippen molar-refractivity contribution in [3.05, 3.63) is 95.1 Å². The number of benzene rings is 3. The molecule has 1 amide bonds. The molecule has 0 unspecified atom stereocenters. The van der Waals surface area contributed by atoms with Crippen LogP contribution in [0.5, 0.6) is 5.75 Å². The van der Waals surface area contributed by atoms with Gasteiger partial charge in [0.15, 0.2) is 0 Å². The van der Waals surface area contributed by atoms with Crippen LogP contribution in [0.1, 0.15) is 27.0 Å². The standard InChI is InChI=1S/C24H25N3O2/c1-18-4-14-23(15-5-18)29-17-20-6-10-21(11-7-20)24(28)26-25-16-19-8-12-22(13-9-19)27(2)3/h4-16H,17H2,1-3H3,(H,26,28)/b25-16+. The molecule has 0 aliphatic rings. The summed E-state index contributed by atoms with van der Waals surface area (Å²) in [6.45, 7) is 2.49. The van der Waals surface area contributed by atoms with Crippen molar-refractivity contribution in [2.45, 2.75) is 13.5 Å². The fourth-order valence-electron chi connectivity index (χ4n) is 2.64. The number of rotatable bonds is 7. The molecule has 0 saturated heterocycles. The van der Waals surface area contributed by atoms with Crippen molar-refractivity contribution < 1.29 is 9.53 Å². The smallest absolute Gasteiger partial charge is 0.271 e. The number of hydrogen-bond acceptors (Lipinski definition) is 4. The van der Waals surface area contributed by atoms with Gasteiger partial charge in [0, 0.05) is 25.3 Å². The van der Waals surface area contributed by atoms with Gasteiger partial charge in [0.05, 0.1) is 6.21 Å². The predicted octanol–water partition coefficient (Wildman–Crippen LogP) is 4.40. The predicted molar refractivity (Wildman–Crippen MR) is 118 cm³/mol. The molecular weight excluding hydrogens is 362 g/mol. The van der Waals surface area contributed by atoms with Crippen molar-refractivity contribution >= 4 is 17.8 Å². The van der Waals surface area contributed by atoms with E-state index in [1.54, 1.807) is 18.3 Å². The van der Waals surface area contributed by atoms with Crippen LogP contribution in [-0.4, -0.2) is 26.2 Å². The molecule has 0 fully saturated rings. The van der Waals surface area contributed by atoms with E-state index < -0.39 is 0 Å². The van der Waals surface area contributed by atoms with Gasteiger partial charge in [-0.15, -0.1) is 0 Å². The average molecular weight is 387 g/mol. The monoisotopic (exact) mass is 387 g/mol. The van der Waals surface area contributed by atoms with Gasteiger partial charge in [-0.1, -0.05) is 42.0 Å². The Hall–Kier alpha value is -3.60. The molecule has 5 nitrogen and oxygen atoms in total. The SMILES string of the molecule is Cc1ccc(OCc2ccc(C(=O)N/N=C/c3ccc(N(C)C)cc3)cc2)cc1. The molecule has 29 heavy (non-hydrogen) atoms. The van der Waals surface area contributed by atoms with Gasteiger partial charge in [0.1, 0.15) is 12.4 Å². The number of carbonyl (C=O) groups excluding carboxylic acids is 1. The molecular formula is C24H25N3O2. The van der Waals surface area contributed by atoms with E-state index in [0.717, 1.165) is 22.6 Å². The molecule has 3 aromatic carbocycles. The molecule has 0 aromatic heterocycles. The number of hydrogen-bond donors (Lipinski definition) is 1.